The van der Waals surface area contributed by atoms with Gasteiger partial charge in [0.1, 0.15) is 0 Å². The van der Waals surface area contributed by atoms with E-state index < -0.39 is 0 Å². The first kappa shape index (κ1) is 13.2. The van der Waals surface area contributed by atoms with Gasteiger partial charge in [0.15, 0.2) is 0 Å². The second-order valence-electron chi connectivity index (χ2n) is 1.87. The van der Waals surface area contributed by atoms with E-state index >= 15 is 0 Å². The van der Waals surface area contributed by atoms with Crippen LogP contribution in [-0.2, 0) is 27.5 Å². The zero-order chi connectivity index (χ0) is 6.69. The number of aryl methyl sites for hydroxylation is 1. The third-order valence-corrected chi connectivity index (χ3v) is 1.17. The van der Waals surface area contributed by atoms with Gasteiger partial charge in [-0.1, -0.05) is 36.6 Å². The molecule has 0 bridgehead atoms. The summed E-state index contributed by atoms with van der Waals surface area (Å²) in [5.41, 5.74) is 8.12. The fourth-order valence-corrected chi connectivity index (χ4v) is 0.676. The fourth-order valence-electron chi connectivity index (χ4n) is 0.676. The number of aromatic nitrogens is 1. The summed E-state index contributed by atoms with van der Waals surface area (Å²) in [7, 11) is 0. The molecule has 0 amide bonds. The Morgan fingerprint density at radius 1 is 1.45 bits per heavy atom. The number of nitrogens with one attached hydrogen (secondary N) is 1. The van der Waals surface area contributed by atoms with Gasteiger partial charge in [0.2, 0.25) is 0 Å². The smallest absolute Gasteiger partial charge is 0.482 e. The van der Waals surface area contributed by atoms with Gasteiger partial charge in [0.25, 0.3) is 0 Å². The molecule has 1 heterocycles. The molecule has 1 aromatic rings. The number of rotatable bonds is 1. The van der Waals surface area contributed by atoms with E-state index in [-0.39, 0.29) is 28.5 Å². The molecule has 0 atom stereocenters. The third kappa shape index (κ3) is 4.15. The average Bonchev–Trinajstić information content (AvgIpc) is 1.88. The Kier molecular flexibility index (Phi) is 7.65. The molecule has 0 aliphatic rings. The molecule has 1 N–H and O–H groups in total. The molecular weight excluding hydrogens is 308 g/mol. The van der Waals surface area contributed by atoms with E-state index in [0.29, 0.717) is 5.82 Å². The van der Waals surface area contributed by atoms with Crippen molar-refractivity contribution in [2.45, 2.75) is 13.3 Å². The second-order valence-corrected chi connectivity index (χ2v) is 1.87. The van der Waals surface area contributed by atoms with Gasteiger partial charge in [-0.3, -0.25) is 0 Å². The summed E-state index contributed by atoms with van der Waals surface area (Å²) in [6.45, 7) is 2.03. The topological polar surface area (TPSA) is 36.7 Å². The van der Waals surface area contributed by atoms with Gasteiger partial charge in [-0.25, -0.2) is 0 Å². The molecule has 1 aromatic heterocycles. The van der Waals surface area contributed by atoms with Crippen LogP contribution >= 0.6 is 0 Å². The third-order valence-electron chi connectivity index (χ3n) is 1.17. The van der Waals surface area contributed by atoms with Gasteiger partial charge in [0.05, 0.1) is 0 Å². The van der Waals surface area contributed by atoms with Crippen molar-refractivity contribution < 1.29 is 21.1 Å². The molecule has 1 rings (SSSR count). The summed E-state index contributed by atoms with van der Waals surface area (Å²) < 4.78 is 0. The maximum atomic E-state index is 7.13. The maximum absolute atomic E-state index is 7.13. The van der Waals surface area contributed by atoms with Crippen molar-refractivity contribution in [1.82, 2.24) is 4.98 Å². The van der Waals surface area contributed by atoms with Crippen molar-refractivity contribution in [3.63, 3.8) is 0 Å². The molecule has 60 valence electrons. The zero-order valence-corrected chi connectivity index (χ0v) is 9.73. The van der Waals surface area contributed by atoms with E-state index in [9.17, 15) is 0 Å². The minimum Gasteiger partial charge on any atom is -0.482 e. The first-order chi connectivity index (χ1) is 4.33. The molecule has 0 radical (unpaired) electrons. The van der Waals surface area contributed by atoms with E-state index in [2.05, 4.69) is 4.98 Å². The molecule has 0 unspecified atom stereocenters. The van der Waals surface area contributed by atoms with Crippen molar-refractivity contribution in [2.24, 2.45) is 0 Å². The van der Waals surface area contributed by atoms with E-state index in [1.807, 2.05) is 19.1 Å². The average molecular weight is 320 g/mol. The van der Waals surface area contributed by atoms with Gasteiger partial charge in [0, 0.05) is 0 Å². The normalized spacial score (nSPS) is 7.73. The van der Waals surface area contributed by atoms with Crippen molar-refractivity contribution in [1.29, 1.82) is 0 Å². The monoisotopic (exact) mass is 320 g/mol. The Morgan fingerprint density at radius 3 is 2.45 bits per heavy atom. The fraction of sp³-hybridized carbons (Fsp3) is 0.250. The number of pyridine rings is 1. The first-order valence-corrected chi connectivity index (χ1v) is 3.00. The van der Waals surface area contributed by atoms with Gasteiger partial charge >= 0.3 is 21.1 Å². The van der Waals surface area contributed by atoms with Crippen LogP contribution in [0.3, 0.4) is 0 Å². The Bertz CT molecular complexity index is 201. The summed E-state index contributed by atoms with van der Waals surface area (Å²) >= 11 is 0. The summed E-state index contributed by atoms with van der Waals surface area (Å²) in [5, 5.41) is 0. The predicted octanol–water partition coefficient (Wildman–Crippen LogP) is 2.78. The number of nitrogens with zero attached hydrogens (tertiary/aromatic N) is 1. The summed E-state index contributed by atoms with van der Waals surface area (Å²) in [5.74, 6) is 0.356. The van der Waals surface area contributed by atoms with Crippen LogP contribution in [0.2, 0.25) is 0 Å². The van der Waals surface area contributed by atoms with Crippen LogP contribution in [0.25, 0.3) is 5.73 Å². The molecule has 0 spiro atoms. The Hall–Kier alpha value is -0.362. The second kappa shape index (κ2) is 6.35. The Morgan fingerprint density at radius 2 is 2.09 bits per heavy atom. The van der Waals surface area contributed by atoms with E-state index in [4.69, 9.17) is 5.73 Å². The van der Waals surface area contributed by atoms with Crippen molar-refractivity contribution in [2.75, 3.05) is 0 Å². The molecule has 2 nitrogen and oxygen atoms in total. The molecular formula is C8H12N2W. The van der Waals surface area contributed by atoms with Crippen molar-refractivity contribution in [3.8, 4) is 0 Å². The van der Waals surface area contributed by atoms with Crippen molar-refractivity contribution >= 4 is 5.82 Å². The molecule has 0 aromatic carbocycles. The Labute approximate surface area is 82.5 Å². The van der Waals surface area contributed by atoms with Crippen LogP contribution in [0, 0.1) is 7.43 Å². The minimum atomic E-state index is 0. The molecule has 0 aliphatic heterocycles. The van der Waals surface area contributed by atoms with Gasteiger partial charge in [-0.15, -0.1) is 0 Å². The summed E-state index contributed by atoms with van der Waals surface area (Å²) in [6.07, 6.45) is 0.909. The number of hydrogen-bond donors (Lipinski definition) is 0. The standard InChI is InChI=1S/C7H9N2.CH3.W/c1-2-6-4-3-5-7(8)9-6;;/h3-5H,2H2,1H3,(H-,8,9);1H3;/q2*-1;+2. The Balaban J connectivity index is 0. The molecule has 11 heavy (non-hydrogen) atoms. The molecule has 3 heteroatoms. The van der Waals surface area contributed by atoms with Crippen LogP contribution in [-0.4, -0.2) is 4.98 Å². The van der Waals surface area contributed by atoms with Crippen LogP contribution < -0.4 is 0 Å². The summed E-state index contributed by atoms with van der Waals surface area (Å²) in [4.78, 5) is 3.96. The quantitative estimate of drug-likeness (QED) is 0.733. The van der Waals surface area contributed by atoms with E-state index in [0.717, 1.165) is 12.1 Å². The van der Waals surface area contributed by atoms with Crippen LogP contribution in [0.5, 0.6) is 0 Å². The minimum absolute atomic E-state index is 0. The van der Waals surface area contributed by atoms with E-state index in [1.165, 1.54) is 0 Å². The molecule has 0 saturated heterocycles. The molecule has 0 fully saturated rings. The SMILES string of the molecule is CCc1cccc([NH-])n1.[CH3-].[W+2]. The van der Waals surface area contributed by atoms with Gasteiger partial charge in [-0.2, -0.15) is 0 Å². The van der Waals surface area contributed by atoms with Crippen LogP contribution in [0.1, 0.15) is 12.6 Å². The van der Waals surface area contributed by atoms with Crippen LogP contribution in [0.15, 0.2) is 18.2 Å². The van der Waals surface area contributed by atoms with E-state index in [1.54, 1.807) is 6.07 Å². The largest absolute Gasteiger partial charge is 2.00 e. The van der Waals surface area contributed by atoms with Gasteiger partial charge in [-0.05, 0) is 6.42 Å². The zero-order valence-electron chi connectivity index (χ0n) is 6.79. The molecule has 0 aliphatic carbocycles. The molecule has 0 saturated carbocycles. The first-order valence-electron chi connectivity index (χ1n) is 3.00. The van der Waals surface area contributed by atoms with Gasteiger partial charge < -0.3 is 18.1 Å². The summed E-state index contributed by atoms with van der Waals surface area (Å²) in [6, 6.07) is 5.46. The number of hydrogen-bond acceptors (Lipinski definition) is 1. The maximum Gasteiger partial charge on any atom is 2.00 e. The van der Waals surface area contributed by atoms with Crippen molar-refractivity contribution in [3.05, 3.63) is 37.1 Å². The van der Waals surface area contributed by atoms with Crippen LogP contribution in [0.4, 0.5) is 5.82 Å². The predicted molar refractivity (Wildman–Crippen MR) is 44.0 cm³/mol.